The average Bonchev–Trinajstić information content (AvgIpc) is 3.43. The van der Waals surface area contributed by atoms with Gasteiger partial charge in [-0.3, -0.25) is 19.5 Å². The number of nitrogens with zero attached hydrogens (tertiary/aromatic N) is 5. The van der Waals surface area contributed by atoms with E-state index in [-0.39, 0.29) is 31.4 Å². The van der Waals surface area contributed by atoms with Crippen molar-refractivity contribution in [2.75, 3.05) is 5.73 Å². The number of anilines is 1. The Morgan fingerprint density at radius 3 is 1.57 bits per heavy atom. The summed E-state index contributed by atoms with van der Waals surface area (Å²) in [4.78, 5) is 10.8. The molecule has 0 aliphatic rings. The molecule has 0 saturated carbocycles. The van der Waals surface area contributed by atoms with E-state index in [9.17, 15) is 10.1 Å². The maximum Gasteiger partial charge on any atom is 0.278 e. The lowest BCUT2D eigenvalue weighted by Crippen LogP contribution is -1.99. The van der Waals surface area contributed by atoms with Crippen molar-refractivity contribution in [1.82, 2.24) is 19.6 Å². The topological polar surface area (TPSA) is 105 Å². The number of nitro groups is 1. The second kappa shape index (κ2) is 14.2. The molecular formula is C34H44N6O2. The van der Waals surface area contributed by atoms with Crippen molar-refractivity contribution in [1.29, 1.82) is 0 Å². The van der Waals surface area contributed by atoms with Crippen LogP contribution in [-0.4, -0.2) is 24.5 Å². The molecule has 0 amide bonds. The number of nitrogen functional groups attached to an aromatic ring is 1. The number of benzene rings is 2. The third-order valence-corrected chi connectivity index (χ3v) is 5.37. The Balaban J connectivity index is 0.000000403. The van der Waals surface area contributed by atoms with E-state index in [1.165, 1.54) is 6.07 Å². The van der Waals surface area contributed by atoms with Gasteiger partial charge in [0.05, 0.1) is 21.6 Å². The van der Waals surface area contributed by atoms with Crippen LogP contribution in [0.25, 0.3) is 22.5 Å². The number of aromatic nitrogens is 4. The van der Waals surface area contributed by atoms with Gasteiger partial charge in [-0.2, -0.15) is 10.2 Å². The zero-order chi connectivity index (χ0) is 29.7. The lowest BCUT2D eigenvalue weighted by molar-refractivity contribution is -0.384. The van der Waals surface area contributed by atoms with Crippen LogP contribution in [-0.2, 0) is 14.1 Å². The molecule has 0 radical (unpaired) electrons. The highest BCUT2D eigenvalue weighted by molar-refractivity contribution is 5.77. The molecule has 0 unspecified atom stereocenters. The molecule has 0 saturated heterocycles. The van der Waals surface area contributed by atoms with Crippen LogP contribution >= 0.6 is 0 Å². The number of rotatable bonds is 3. The molecule has 0 fully saturated rings. The Hall–Kier alpha value is -4.82. The van der Waals surface area contributed by atoms with Crippen molar-refractivity contribution in [3.63, 3.8) is 0 Å². The van der Waals surface area contributed by atoms with Crippen molar-refractivity contribution in [3.05, 3.63) is 82.2 Å². The number of nitrogens with two attached hydrogens (primary N) is 1. The minimum Gasteiger partial charge on any atom is -0.398 e. The predicted octanol–water partition coefficient (Wildman–Crippen LogP) is 7.73. The van der Waals surface area contributed by atoms with Gasteiger partial charge in [0.15, 0.2) is 0 Å². The first kappa shape index (κ1) is 35.2. The van der Waals surface area contributed by atoms with Crippen molar-refractivity contribution in [2.24, 2.45) is 24.9 Å². The summed E-state index contributed by atoms with van der Waals surface area (Å²) in [5, 5.41) is 20.0. The minimum absolute atomic E-state index is 0. The Morgan fingerprint density at radius 2 is 1.14 bits per heavy atom. The summed E-state index contributed by atoms with van der Waals surface area (Å²) in [5.41, 5.74) is 11.0. The van der Waals surface area contributed by atoms with Gasteiger partial charge in [0.25, 0.3) is 5.69 Å². The van der Waals surface area contributed by atoms with Crippen molar-refractivity contribution >= 4 is 11.4 Å². The Labute approximate surface area is 251 Å². The average molecular weight is 569 g/mol. The number of hydrogen-bond acceptors (Lipinski definition) is 5. The van der Waals surface area contributed by atoms with Crippen LogP contribution in [0.2, 0.25) is 0 Å². The van der Waals surface area contributed by atoms with E-state index in [0.29, 0.717) is 16.8 Å². The first-order valence-electron chi connectivity index (χ1n) is 12.9. The summed E-state index contributed by atoms with van der Waals surface area (Å²) in [7, 11) is 3.67. The summed E-state index contributed by atoms with van der Waals surface area (Å²) >= 11 is 0. The third-order valence-electron chi connectivity index (χ3n) is 5.37. The maximum atomic E-state index is 11.2. The predicted molar refractivity (Wildman–Crippen MR) is 174 cm³/mol. The largest absolute Gasteiger partial charge is 0.398 e. The molecule has 4 aromatic rings. The normalized spacial score (nSPS) is 10.4. The molecule has 42 heavy (non-hydrogen) atoms. The van der Waals surface area contributed by atoms with Gasteiger partial charge in [-0.05, 0) is 53.7 Å². The lowest BCUT2D eigenvalue weighted by Gasteiger charge is -2.07. The summed E-state index contributed by atoms with van der Waals surface area (Å²) in [6, 6.07) is 14.3. The van der Waals surface area contributed by atoms with E-state index in [1.807, 2.05) is 58.3 Å². The van der Waals surface area contributed by atoms with Gasteiger partial charge in [0.1, 0.15) is 11.4 Å². The Kier molecular flexibility index (Phi) is 11.9. The highest BCUT2D eigenvalue weighted by Gasteiger charge is 2.19. The van der Waals surface area contributed by atoms with E-state index < -0.39 is 4.92 Å². The molecule has 222 valence electrons. The maximum absolute atomic E-state index is 11.2. The second-order valence-corrected chi connectivity index (χ2v) is 11.5. The fourth-order valence-corrected chi connectivity index (χ4v) is 3.61. The van der Waals surface area contributed by atoms with Crippen LogP contribution in [0, 0.1) is 44.6 Å². The molecule has 2 heterocycles. The van der Waals surface area contributed by atoms with Gasteiger partial charge in [-0.25, -0.2) is 0 Å². The van der Waals surface area contributed by atoms with Gasteiger partial charge in [-0.1, -0.05) is 68.9 Å². The Bertz CT molecular complexity index is 1640. The molecule has 2 N–H and O–H groups in total. The summed E-state index contributed by atoms with van der Waals surface area (Å²) in [6.07, 6.45) is 3.71. The summed E-state index contributed by atoms with van der Waals surface area (Å²) in [5.74, 6) is 12.7. The van der Waals surface area contributed by atoms with Crippen molar-refractivity contribution in [3.8, 4) is 46.2 Å². The first-order chi connectivity index (χ1) is 18.6. The van der Waals surface area contributed by atoms with Gasteiger partial charge >= 0.3 is 0 Å². The van der Waals surface area contributed by atoms with Crippen LogP contribution in [0.5, 0.6) is 0 Å². The molecule has 2 aromatic heterocycles. The van der Waals surface area contributed by atoms with E-state index in [1.54, 1.807) is 40.8 Å². The molecule has 2 aromatic carbocycles. The van der Waals surface area contributed by atoms with Crippen LogP contribution in [0.1, 0.15) is 67.5 Å². The zero-order valence-corrected chi connectivity index (χ0v) is 24.4. The number of aryl methyl sites for hydroxylation is 2. The first-order valence-corrected chi connectivity index (χ1v) is 12.9. The van der Waals surface area contributed by atoms with Crippen molar-refractivity contribution < 1.29 is 4.92 Å². The number of hydrogen-bond donors (Lipinski definition) is 1. The molecule has 0 atom stereocenters. The van der Waals surface area contributed by atoms with Gasteiger partial charge in [0.2, 0.25) is 0 Å². The molecule has 0 aliphatic carbocycles. The van der Waals surface area contributed by atoms with Crippen LogP contribution in [0.15, 0.2) is 60.9 Å². The SMILES string of the molecule is C.C.Cn1cc(C#CC(C)(C)C)c(-c2ccccc2N)n1.Cn1cc(C#CC(C)(C)C)c(-c2ccccc2[N+](=O)[O-])n1. The van der Waals surface area contributed by atoms with Crippen molar-refractivity contribution in [2.45, 2.75) is 56.4 Å². The highest BCUT2D eigenvalue weighted by Crippen LogP contribution is 2.31. The monoisotopic (exact) mass is 568 g/mol. The highest BCUT2D eigenvalue weighted by atomic mass is 16.6. The molecular weight excluding hydrogens is 524 g/mol. The fourth-order valence-electron chi connectivity index (χ4n) is 3.61. The van der Waals surface area contributed by atoms with E-state index in [2.05, 4.69) is 54.7 Å². The number of nitro benzene ring substituents is 1. The molecule has 0 spiro atoms. The molecule has 0 bridgehead atoms. The van der Waals surface area contributed by atoms with Crippen LogP contribution < -0.4 is 5.73 Å². The molecule has 8 nitrogen and oxygen atoms in total. The van der Waals surface area contributed by atoms with E-state index >= 15 is 0 Å². The lowest BCUT2D eigenvalue weighted by atomic mass is 9.97. The smallest absolute Gasteiger partial charge is 0.278 e. The Morgan fingerprint density at radius 1 is 0.738 bits per heavy atom. The van der Waals surface area contributed by atoms with Gasteiger partial charge in [0, 0.05) is 54.6 Å². The molecule has 4 rings (SSSR count). The fraction of sp³-hybridized carbons (Fsp3) is 0.353. The zero-order valence-electron chi connectivity index (χ0n) is 24.4. The molecule has 8 heteroatoms. The summed E-state index contributed by atoms with van der Waals surface area (Å²) in [6.45, 7) is 12.3. The third kappa shape index (κ3) is 9.67. The molecule has 0 aliphatic heterocycles. The minimum atomic E-state index is -0.398. The van der Waals surface area contributed by atoms with E-state index in [4.69, 9.17) is 5.73 Å². The number of para-hydroxylation sites is 2. The second-order valence-electron chi connectivity index (χ2n) is 11.5. The van der Waals surface area contributed by atoms with E-state index in [0.717, 1.165) is 22.5 Å². The van der Waals surface area contributed by atoms with Gasteiger partial charge < -0.3 is 5.73 Å². The van der Waals surface area contributed by atoms with Gasteiger partial charge in [-0.15, -0.1) is 0 Å². The quantitative estimate of drug-likeness (QED) is 0.118. The van der Waals surface area contributed by atoms with Crippen LogP contribution in [0.4, 0.5) is 11.4 Å². The standard InChI is InChI=1S/C16H17N3O2.C16H19N3.2CH4/c1-16(2,3)10-9-12-11-18(4)17-15(12)13-7-5-6-8-14(13)19(20)21;1-16(2,3)10-9-12-11-19(4)18-15(12)13-7-5-6-8-14(13)17;;/h5-8,11H,1-4H3;5-8,11H,17H2,1-4H3;2*1H4. The van der Waals surface area contributed by atoms with Crippen LogP contribution in [0.3, 0.4) is 0 Å². The summed E-state index contributed by atoms with van der Waals surface area (Å²) < 4.78 is 3.40.